The zero-order valence-electron chi connectivity index (χ0n) is 13.5. The van der Waals surface area contributed by atoms with Crippen LogP contribution >= 0.6 is 0 Å². The number of anilines is 1. The first-order valence-corrected chi connectivity index (χ1v) is 8.68. The maximum absolute atomic E-state index is 4.93. The molecule has 0 unspecified atom stereocenters. The van der Waals surface area contributed by atoms with Crippen LogP contribution in [-0.4, -0.2) is 23.6 Å². The van der Waals surface area contributed by atoms with Crippen molar-refractivity contribution in [3.8, 4) is 0 Å². The highest BCUT2D eigenvalue weighted by molar-refractivity contribution is 5.41. The number of aromatic nitrogens is 1. The van der Waals surface area contributed by atoms with Crippen molar-refractivity contribution in [2.45, 2.75) is 71.0 Å². The molecule has 0 saturated heterocycles. The fraction of sp³-hybridized carbons (Fsp3) is 0.722. The van der Waals surface area contributed by atoms with Crippen molar-refractivity contribution in [3.63, 3.8) is 0 Å². The van der Waals surface area contributed by atoms with Gasteiger partial charge in [0.15, 0.2) is 0 Å². The molecule has 21 heavy (non-hydrogen) atoms. The Morgan fingerprint density at radius 1 is 1.19 bits per heavy atom. The van der Waals surface area contributed by atoms with Gasteiger partial charge in [-0.2, -0.15) is 0 Å². The Labute approximate surface area is 129 Å². The summed E-state index contributed by atoms with van der Waals surface area (Å²) in [6, 6.07) is 7.97. The first kappa shape index (κ1) is 14.8. The van der Waals surface area contributed by atoms with Crippen molar-refractivity contribution in [3.05, 3.63) is 23.9 Å². The van der Waals surface area contributed by atoms with Gasteiger partial charge in [-0.3, -0.25) is 0 Å². The number of nitrogens with zero attached hydrogens (tertiary/aromatic N) is 2. The lowest BCUT2D eigenvalue weighted by Gasteiger charge is -2.32. The SMILES string of the molecule is CC(C)CN(c1cccc(CNC2CC2)n1)C1CCCC1. The van der Waals surface area contributed by atoms with E-state index in [0.717, 1.165) is 19.1 Å². The zero-order chi connectivity index (χ0) is 14.7. The summed E-state index contributed by atoms with van der Waals surface area (Å²) in [5, 5.41) is 3.57. The molecule has 0 amide bonds. The Hall–Kier alpha value is -1.09. The maximum atomic E-state index is 4.93. The van der Waals surface area contributed by atoms with Crippen LogP contribution in [0.5, 0.6) is 0 Å². The first-order valence-electron chi connectivity index (χ1n) is 8.68. The molecule has 1 aromatic rings. The van der Waals surface area contributed by atoms with Crippen molar-refractivity contribution >= 4 is 5.82 Å². The van der Waals surface area contributed by atoms with Crippen LogP contribution in [0.2, 0.25) is 0 Å². The second-order valence-corrected chi connectivity index (χ2v) is 7.13. The van der Waals surface area contributed by atoms with Gasteiger partial charge in [-0.1, -0.05) is 32.8 Å². The summed E-state index contributed by atoms with van der Waals surface area (Å²) >= 11 is 0. The molecule has 116 valence electrons. The van der Waals surface area contributed by atoms with Crippen LogP contribution in [0.4, 0.5) is 5.82 Å². The van der Waals surface area contributed by atoms with E-state index >= 15 is 0 Å². The summed E-state index contributed by atoms with van der Waals surface area (Å²) in [7, 11) is 0. The summed E-state index contributed by atoms with van der Waals surface area (Å²) in [6.45, 7) is 6.65. The Bertz CT molecular complexity index is 448. The molecule has 0 aliphatic heterocycles. The normalized spacial score (nSPS) is 19.4. The van der Waals surface area contributed by atoms with E-state index in [2.05, 4.69) is 42.3 Å². The fourth-order valence-corrected chi connectivity index (χ4v) is 3.30. The molecule has 3 heteroatoms. The molecule has 3 rings (SSSR count). The second-order valence-electron chi connectivity index (χ2n) is 7.13. The van der Waals surface area contributed by atoms with Gasteiger partial charge in [-0.25, -0.2) is 4.98 Å². The van der Waals surface area contributed by atoms with E-state index in [4.69, 9.17) is 4.98 Å². The molecule has 0 spiro atoms. The van der Waals surface area contributed by atoms with E-state index in [1.165, 1.54) is 50.0 Å². The van der Waals surface area contributed by atoms with Crippen LogP contribution in [0, 0.1) is 5.92 Å². The summed E-state index contributed by atoms with van der Waals surface area (Å²) < 4.78 is 0. The zero-order valence-corrected chi connectivity index (χ0v) is 13.5. The lowest BCUT2D eigenvalue weighted by Crippen LogP contribution is -2.37. The van der Waals surface area contributed by atoms with Crippen molar-refractivity contribution in [2.24, 2.45) is 5.92 Å². The molecule has 2 saturated carbocycles. The van der Waals surface area contributed by atoms with E-state index in [-0.39, 0.29) is 0 Å². The summed E-state index contributed by atoms with van der Waals surface area (Å²) in [5.41, 5.74) is 1.19. The largest absolute Gasteiger partial charge is 0.353 e. The average Bonchev–Trinajstić information content (AvgIpc) is 3.15. The van der Waals surface area contributed by atoms with Crippen molar-refractivity contribution in [1.29, 1.82) is 0 Å². The number of nitrogens with one attached hydrogen (secondary N) is 1. The van der Waals surface area contributed by atoms with Gasteiger partial charge in [0.2, 0.25) is 0 Å². The Morgan fingerprint density at radius 2 is 1.95 bits per heavy atom. The minimum absolute atomic E-state index is 0.681. The molecular weight excluding hydrogens is 258 g/mol. The minimum atomic E-state index is 0.681. The highest BCUT2D eigenvalue weighted by Crippen LogP contribution is 2.28. The van der Waals surface area contributed by atoms with Gasteiger partial charge in [0.25, 0.3) is 0 Å². The van der Waals surface area contributed by atoms with Gasteiger partial charge >= 0.3 is 0 Å². The predicted molar refractivity (Wildman–Crippen MR) is 88.5 cm³/mol. The summed E-state index contributed by atoms with van der Waals surface area (Å²) in [5.74, 6) is 1.87. The van der Waals surface area contributed by atoms with Crippen LogP contribution in [0.1, 0.15) is 58.1 Å². The van der Waals surface area contributed by atoms with Gasteiger partial charge in [0.05, 0.1) is 5.69 Å². The fourth-order valence-electron chi connectivity index (χ4n) is 3.30. The Kier molecular flexibility index (Phi) is 4.79. The average molecular weight is 287 g/mol. The Balaban J connectivity index is 1.71. The van der Waals surface area contributed by atoms with Crippen LogP contribution in [0.25, 0.3) is 0 Å². The highest BCUT2D eigenvalue weighted by Gasteiger charge is 2.25. The molecular formula is C18H29N3. The van der Waals surface area contributed by atoms with E-state index in [0.29, 0.717) is 12.0 Å². The van der Waals surface area contributed by atoms with Gasteiger partial charge < -0.3 is 10.2 Å². The molecule has 2 aliphatic carbocycles. The Morgan fingerprint density at radius 3 is 2.62 bits per heavy atom. The lowest BCUT2D eigenvalue weighted by molar-refractivity contribution is 0.530. The van der Waals surface area contributed by atoms with E-state index in [1.807, 2.05) is 0 Å². The molecule has 2 aliphatic rings. The van der Waals surface area contributed by atoms with Crippen molar-refractivity contribution in [2.75, 3.05) is 11.4 Å². The third-order valence-electron chi connectivity index (χ3n) is 4.56. The molecule has 1 aromatic heterocycles. The topological polar surface area (TPSA) is 28.2 Å². The quantitative estimate of drug-likeness (QED) is 0.828. The van der Waals surface area contributed by atoms with Gasteiger partial charge in [0, 0.05) is 25.2 Å². The van der Waals surface area contributed by atoms with Crippen molar-refractivity contribution in [1.82, 2.24) is 10.3 Å². The van der Waals surface area contributed by atoms with E-state index in [9.17, 15) is 0 Å². The molecule has 0 radical (unpaired) electrons. The lowest BCUT2D eigenvalue weighted by atomic mass is 10.1. The van der Waals surface area contributed by atoms with Crippen LogP contribution in [-0.2, 0) is 6.54 Å². The van der Waals surface area contributed by atoms with E-state index < -0.39 is 0 Å². The molecule has 3 nitrogen and oxygen atoms in total. The number of pyridine rings is 1. The highest BCUT2D eigenvalue weighted by atomic mass is 15.2. The summed E-state index contributed by atoms with van der Waals surface area (Å²) in [6.07, 6.45) is 8.09. The van der Waals surface area contributed by atoms with Crippen molar-refractivity contribution < 1.29 is 0 Å². The van der Waals surface area contributed by atoms with Gasteiger partial charge in [0.1, 0.15) is 5.82 Å². The molecule has 1 N–H and O–H groups in total. The van der Waals surface area contributed by atoms with Crippen LogP contribution < -0.4 is 10.2 Å². The molecule has 0 bridgehead atoms. The third kappa shape index (κ3) is 4.19. The number of hydrogen-bond donors (Lipinski definition) is 1. The third-order valence-corrected chi connectivity index (χ3v) is 4.56. The smallest absolute Gasteiger partial charge is 0.129 e. The van der Waals surface area contributed by atoms with Crippen LogP contribution in [0.15, 0.2) is 18.2 Å². The van der Waals surface area contributed by atoms with Crippen LogP contribution in [0.3, 0.4) is 0 Å². The van der Waals surface area contributed by atoms with E-state index in [1.54, 1.807) is 0 Å². The minimum Gasteiger partial charge on any atom is -0.353 e. The number of hydrogen-bond acceptors (Lipinski definition) is 3. The molecule has 0 aromatic carbocycles. The van der Waals surface area contributed by atoms with Gasteiger partial charge in [-0.05, 0) is 43.7 Å². The second kappa shape index (κ2) is 6.78. The molecule has 0 atom stereocenters. The van der Waals surface area contributed by atoms with Gasteiger partial charge in [-0.15, -0.1) is 0 Å². The predicted octanol–water partition coefficient (Wildman–Crippen LogP) is 3.74. The first-order chi connectivity index (χ1) is 10.2. The summed E-state index contributed by atoms with van der Waals surface area (Å²) in [4.78, 5) is 7.50. The monoisotopic (exact) mass is 287 g/mol. The maximum Gasteiger partial charge on any atom is 0.129 e. The number of rotatable bonds is 7. The molecule has 1 heterocycles. The molecule has 2 fully saturated rings. The standard InChI is InChI=1S/C18H29N3/c1-14(2)13-21(17-7-3-4-8-17)18-9-5-6-16(20-18)12-19-15-10-11-15/h5-6,9,14-15,17,19H,3-4,7-8,10-13H2,1-2H3.